The van der Waals surface area contributed by atoms with E-state index in [-0.39, 0.29) is 17.4 Å². The van der Waals surface area contributed by atoms with Gasteiger partial charge < -0.3 is 9.84 Å². The summed E-state index contributed by atoms with van der Waals surface area (Å²) in [5.74, 6) is -0.677. The normalized spacial score (nSPS) is 17.4. The van der Waals surface area contributed by atoms with Crippen molar-refractivity contribution >= 4 is 17.6 Å². The van der Waals surface area contributed by atoms with E-state index >= 15 is 0 Å². The highest BCUT2D eigenvalue weighted by Crippen LogP contribution is 2.15. The van der Waals surface area contributed by atoms with Gasteiger partial charge in [0.05, 0.1) is 19.8 Å². The maximum atomic E-state index is 11.7. The molecular formula is C12H18N4O4. The van der Waals surface area contributed by atoms with E-state index in [1.165, 1.54) is 18.5 Å². The lowest BCUT2D eigenvalue weighted by molar-refractivity contribution is -0.763. The van der Waals surface area contributed by atoms with Crippen LogP contribution in [0, 0.1) is 0 Å². The molecule has 1 aromatic rings. The van der Waals surface area contributed by atoms with Crippen LogP contribution in [-0.2, 0) is 11.3 Å². The van der Waals surface area contributed by atoms with Crippen LogP contribution >= 0.6 is 0 Å². The highest BCUT2D eigenvalue weighted by molar-refractivity contribution is 5.94. The second-order valence-electron chi connectivity index (χ2n) is 4.59. The van der Waals surface area contributed by atoms with Crippen LogP contribution in [0.3, 0.4) is 0 Å². The molecule has 20 heavy (non-hydrogen) atoms. The van der Waals surface area contributed by atoms with Gasteiger partial charge in [-0.25, -0.2) is 4.99 Å². The minimum Gasteiger partial charge on any atom is -0.862 e. The molecule has 0 unspecified atom stereocenters. The summed E-state index contributed by atoms with van der Waals surface area (Å²) in [5.41, 5.74) is 0.230. The predicted molar refractivity (Wildman–Crippen MR) is 66.7 cm³/mol. The molecule has 8 nitrogen and oxygen atoms in total. The van der Waals surface area contributed by atoms with E-state index in [0.29, 0.717) is 19.8 Å². The van der Waals surface area contributed by atoms with E-state index in [9.17, 15) is 9.90 Å². The molecule has 1 aliphatic rings. The Morgan fingerprint density at radius 3 is 2.75 bits per heavy atom. The van der Waals surface area contributed by atoms with Gasteiger partial charge in [0.2, 0.25) is 11.1 Å². The van der Waals surface area contributed by atoms with Crippen molar-refractivity contribution in [3.05, 3.63) is 5.69 Å². The number of aliphatic imine (C=N–C) groups is 1. The number of aromatic nitrogens is 2. The van der Waals surface area contributed by atoms with Crippen LogP contribution in [0.2, 0.25) is 0 Å². The standard InChI is InChI=1S/C12H18N4O4/c1-9(17)11-12(13-10(2)18)20-14-16(11)4-3-15-5-7-19-8-6-15/h3-8H2,1-2H3. The molecule has 0 aromatic carbocycles. The Bertz CT molecular complexity index is 502. The van der Waals surface area contributed by atoms with Crippen LogP contribution in [0.15, 0.2) is 9.52 Å². The number of carbonyl (C=O) groups is 1. The number of Topliss-reactive ketones (excluding diaryl/α,β-unsaturated/α-hetero) is 1. The topological polar surface area (TPSA) is 94.9 Å². The van der Waals surface area contributed by atoms with Gasteiger partial charge >= 0.3 is 11.6 Å². The molecule has 8 heteroatoms. The molecule has 2 rings (SSSR count). The van der Waals surface area contributed by atoms with Crippen LogP contribution in [0.1, 0.15) is 24.3 Å². The molecular weight excluding hydrogens is 264 g/mol. The first-order chi connectivity index (χ1) is 9.58. The zero-order valence-corrected chi connectivity index (χ0v) is 11.7. The Hall–Kier alpha value is -1.80. The third-order valence-electron chi connectivity index (χ3n) is 3.01. The number of hydrogen-bond acceptors (Lipinski definition) is 7. The summed E-state index contributed by atoms with van der Waals surface area (Å²) in [5, 5.41) is 14.8. The van der Waals surface area contributed by atoms with Crippen molar-refractivity contribution < 1.29 is 23.8 Å². The van der Waals surface area contributed by atoms with Gasteiger partial charge in [-0.2, -0.15) is 0 Å². The highest BCUT2D eigenvalue weighted by atomic mass is 16.5. The van der Waals surface area contributed by atoms with Crippen molar-refractivity contribution in [1.29, 1.82) is 0 Å². The van der Waals surface area contributed by atoms with Gasteiger partial charge in [-0.3, -0.25) is 14.2 Å². The Balaban J connectivity index is 2.09. The SMILES string of the molecule is CC(=O)c1c(/N=C(/C)[O-])on[n+]1CCN1CCOCC1. The Labute approximate surface area is 116 Å². The maximum absolute atomic E-state index is 11.7. The van der Waals surface area contributed by atoms with Gasteiger partial charge in [-0.05, 0) is 17.5 Å². The molecule has 0 amide bonds. The largest absolute Gasteiger partial charge is 0.862 e. The fourth-order valence-electron chi connectivity index (χ4n) is 2.04. The first kappa shape index (κ1) is 14.6. The van der Waals surface area contributed by atoms with Crippen molar-refractivity contribution in [2.24, 2.45) is 4.99 Å². The molecule has 1 fully saturated rings. The molecule has 0 bridgehead atoms. The molecule has 0 radical (unpaired) electrons. The van der Waals surface area contributed by atoms with Crippen molar-refractivity contribution in [2.75, 3.05) is 32.8 Å². The number of nitrogens with zero attached hydrogens (tertiary/aromatic N) is 4. The van der Waals surface area contributed by atoms with Crippen molar-refractivity contribution in [2.45, 2.75) is 20.4 Å². The quantitative estimate of drug-likeness (QED) is 0.295. The Morgan fingerprint density at radius 1 is 1.45 bits per heavy atom. The summed E-state index contributed by atoms with van der Waals surface area (Å²) in [6.45, 7) is 7.09. The van der Waals surface area contributed by atoms with Gasteiger partial charge in [0.1, 0.15) is 0 Å². The molecule has 0 N–H and O–H groups in total. The third-order valence-corrected chi connectivity index (χ3v) is 3.01. The summed E-state index contributed by atoms with van der Waals surface area (Å²) in [7, 11) is 0. The van der Waals surface area contributed by atoms with E-state index in [2.05, 4.69) is 15.2 Å². The van der Waals surface area contributed by atoms with E-state index in [0.717, 1.165) is 19.6 Å². The second-order valence-corrected chi connectivity index (χ2v) is 4.59. The predicted octanol–water partition coefficient (Wildman–Crippen LogP) is -1.09. The number of carbonyl (C=O) groups excluding carboxylic acids is 1. The van der Waals surface area contributed by atoms with E-state index < -0.39 is 5.90 Å². The summed E-state index contributed by atoms with van der Waals surface area (Å²) in [6.07, 6.45) is 0. The number of morpholine rings is 1. The van der Waals surface area contributed by atoms with Gasteiger partial charge in [-0.15, -0.1) is 0 Å². The summed E-state index contributed by atoms with van der Waals surface area (Å²) in [4.78, 5) is 17.5. The number of rotatable bonds is 5. The summed E-state index contributed by atoms with van der Waals surface area (Å²) < 4.78 is 11.7. The molecule has 2 heterocycles. The van der Waals surface area contributed by atoms with Crippen LogP contribution in [0.25, 0.3) is 0 Å². The van der Waals surface area contributed by atoms with Gasteiger partial charge in [0.15, 0.2) is 6.54 Å². The van der Waals surface area contributed by atoms with E-state index in [1.54, 1.807) is 0 Å². The first-order valence-electron chi connectivity index (χ1n) is 6.51. The molecule has 0 aliphatic carbocycles. The van der Waals surface area contributed by atoms with Crippen LogP contribution in [-0.4, -0.2) is 54.7 Å². The lowest BCUT2D eigenvalue weighted by atomic mass is 10.3. The maximum Gasteiger partial charge on any atom is 0.342 e. The molecule has 0 spiro atoms. The fourth-order valence-corrected chi connectivity index (χ4v) is 2.04. The molecule has 0 saturated carbocycles. The second kappa shape index (κ2) is 6.58. The Morgan fingerprint density at radius 2 is 2.15 bits per heavy atom. The number of ether oxygens (including phenoxy) is 1. The number of ketones is 1. The van der Waals surface area contributed by atoms with Crippen molar-refractivity contribution in [3.8, 4) is 0 Å². The molecule has 1 saturated heterocycles. The minimum atomic E-state index is -0.427. The fraction of sp³-hybridized carbons (Fsp3) is 0.667. The minimum absolute atomic E-state index is 0.0213. The molecule has 1 aromatic heterocycles. The van der Waals surface area contributed by atoms with E-state index in [1.807, 2.05) is 0 Å². The average Bonchev–Trinajstić information content (AvgIpc) is 2.79. The highest BCUT2D eigenvalue weighted by Gasteiger charge is 2.29. The van der Waals surface area contributed by atoms with Crippen LogP contribution in [0.5, 0.6) is 0 Å². The molecule has 110 valence electrons. The first-order valence-corrected chi connectivity index (χ1v) is 6.51. The summed E-state index contributed by atoms with van der Waals surface area (Å²) in [6, 6.07) is 0. The third kappa shape index (κ3) is 3.61. The van der Waals surface area contributed by atoms with Crippen molar-refractivity contribution in [3.63, 3.8) is 0 Å². The smallest absolute Gasteiger partial charge is 0.342 e. The number of hydrogen-bond donors (Lipinski definition) is 0. The zero-order chi connectivity index (χ0) is 14.5. The van der Waals surface area contributed by atoms with Gasteiger partial charge in [0, 0.05) is 20.0 Å². The average molecular weight is 282 g/mol. The Kier molecular flexibility index (Phi) is 4.80. The molecule has 0 atom stereocenters. The lowest BCUT2D eigenvalue weighted by Gasteiger charge is -2.24. The van der Waals surface area contributed by atoms with E-state index in [4.69, 9.17) is 9.26 Å². The van der Waals surface area contributed by atoms with Gasteiger partial charge in [0.25, 0.3) is 0 Å². The molecule has 1 aliphatic heterocycles. The zero-order valence-electron chi connectivity index (χ0n) is 11.7. The van der Waals surface area contributed by atoms with Gasteiger partial charge in [-0.1, -0.05) is 0 Å². The summed E-state index contributed by atoms with van der Waals surface area (Å²) >= 11 is 0. The van der Waals surface area contributed by atoms with Crippen LogP contribution < -0.4 is 9.79 Å². The van der Waals surface area contributed by atoms with Crippen LogP contribution in [0.4, 0.5) is 5.88 Å². The van der Waals surface area contributed by atoms with Crippen molar-refractivity contribution in [1.82, 2.24) is 10.2 Å². The lowest BCUT2D eigenvalue weighted by Crippen LogP contribution is -2.47. The monoisotopic (exact) mass is 282 g/mol.